The van der Waals surface area contributed by atoms with Crippen LogP contribution in [-0.2, 0) is 0 Å². The smallest absolute Gasteiger partial charge is 0.387 e. The van der Waals surface area contributed by atoms with Crippen LogP contribution >= 0.6 is 23.2 Å². The molecule has 1 aromatic heterocycles. The number of hydrogen-bond donors (Lipinski definition) is 1. The number of rotatable bonds is 6. The summed E-state index contributed by atoms with van der Waals surface area (Å²) in [4.78, 5) is 16.3. The minimum absolute atomic E-state index is 0.0330. The number of pyridine rings is 1. The first-order valence-electron chi connectivity index (χ1n) is 8.24. The zero-order valence-electron chi connectivity index (χ0n) is 15.0. The highest BCUT2D eigenvalue weighted by molar-refractivity contribution is 6.35. The highest BCUT2D eigenvalue weighted by Gasteiger charge is 2.16. The van der Waals surface area contributed by atoms with Gasteiger partial charge in [-0.05, 0) is 48.0 Å². The van der Waals surface area contributed by atoms with Gasteiger partial charge in [0.25, 0.3) is 5.91 Å². The molecule has 0 spiro atoms. The Morgan fingerprint density at radius 2 is 1.79 bits per heavy atom. The number of benzene rings is 2. The van der Waals surface area contributed by atoms with Crippen LogP contribution in [0.25, 0.3) is 11.1 Å². The largest absolute Gasteiger partial charge is 0.497 e. The van der Waals surface area contributed by atoms with Gasteiger partial charge in [0.15, 0.2) is 0 Å². The molecule has 1 heterocycles. The summed E-state index contributed by atoms with van der Waals surface area (Å²) in [6.07, 6.45) is 0. The van der Waals surface area contributed by atoms with Crippen LogP contribution in [0.15, 0.2) is 54.6 Å². The maximum atomic E-state index is 12.8. The Kier molecular flexibility index (Phi) is 6.51. The number of carbonyl (C=O) groups is 1. The lowest BCUT2D eigenvalue weighted by Gasteiger charge is -2.14. The van der Waals surface area contributed by atoms with E-state index < -0.39 is 12.5 Å². The Hall–Kier alpha value is -2.90. The summed E-state index contributed by atoms with van der Waals surface area (Å²) in [5.74, 6) is 0.0520. The predicted molar refractivity (Wildman–Crippen MR) is 107 cm³/mol. The van der Waals surface area contributed by atoms with Gasteiger partial charge in [0.05, 0.1) is 12.7 Å². The third-order valence-corrected chi connectivity index (χ3v) is 4.41. The minimum Gasteiger partial charge on any atom is -0.497 e. The maximum absolute atomic E-state index is 12.8. The average molecular weight is 439 g/mol. The van der Waals surface area contributed by atoms with Gasteiger partial charge in [-0.15, -0.1) is 0 Å². The van der Waals surface area contributed by atoms with Crippen LogP contribution in [0, 0.1) is 0 Å². The average Bonchev–Trinajstić information content (AvgIpc) is 2.68. The van der Waals surface area contributed by atoms with Crippen LogP contribution in [-0.4, -0.2) is 24.6 Å². The van der Waals surface area contributed by atoms with Crippen LogP contribution < -0.4 is 14.8 Å². The topological polar surface area (TPSA) is 60.5 Å². The van der Waals surface area contributed by atoms with Gasteiger partial charge in [-0.1, -0.05) is 35.3 Å². The van der Waals surface area contributed by atoms with Gasteiger partial charge in [-0.3, -0.25) is 4.79 Å². The lowest BCUT2D eigenvalue weighted by molar-refractivity contribution is -0.0494. The van der Waals surface area contributed by atoms with E-state index >= 15 is 0 Å². The highest BCUT2D eigenvalue weighted by Crippen LogP contribution is 2.35. The number of halogens is 4. The first kappa shape index (κ1) is 20.8. The number of nitrogens with one attached hydrogen (secondary N) is 1. The fraction of sp³-hybridized carbons (Fsp3) is 0.100. The van der Waals surface area contributed by atoms with Gasteiger partial charge in [0.2, 0.25) is 0 Å². The van der Waals surface area contributed by atoms with Crippen molar-refractivity contribution in [1.29, 1.82) is 0 Å². The molecule has 3 rings (SSSR count). The Bertz CT molecular complexity index is 1030. The molecular formula is C20H14Cl2F2N2O3. The van der Waals surface area contributed by atoms with Crippen molar-refractivity contribution in [2.24, 2.45) is 0 Å². The van der Waals surface area contributed by atoms with Crippen molar-refractivity contribution in [3.8, 4) is 22.6 Å². The molecule has 3 aromatic rings. The second kappa shape index (κ2) is 9.07. The van der Waals surface area contributed by atoms with Gasteiger partial charge >= 0.3 is 6.61 Å². The van der Waals surface area contributed by atoms with E-state index in [1.54, 1.807) is 24.3 Å². The molecule has 150 valence electrons. The summed E-state index contributed by atoms with van der Waals surface area (Å²) < 4.78 is 35.3. The molecule has 0 saturated heterocycles. The number of amides is 1. The van der Waals surface area contributed by atoms with Gasteiger partial charge in [0, 0.05) is 11.3 Å². The molecule has 9 heteroatoms. The molecule has 0 saturated carbocycles. The zero-order valence-corrected chi connectivity index (χ0v) is 16.5. The molecule has 0 aliphatic carbocycles. The summed E-state index contributed by atoms with van der Waals surface area (Å²) >= 11 is 11.7. The van der Waals surface area contributed by atoms with E-state index in [4.69, 9.17) is 27.9 Å². The fourth-order valence-electron chi connectivity index (χ4n) is 2.58. The number of hydrogen-bond acceptors (Lipinski definition) is 4. The van der Waals surface area contributed by atoms with E-state index in [1.165, 1.54) is 37.4 Å². The maximum Gasteiger partial charge on any atom is 0.387 e. The third-order valence-electron chi connectivity index (χ3n) is 3.91. The molecule has 0 bridgehead atoms. The second-order valence-electron chi connectivity index (χ2n) is 5.74. The van der Waals surface area contributed by atoms with E-state index in [2.05, 4.69) is 15.0 Å². The number of alkyl halides is 2. The first-order valence-corrected chi connectivity index (χ1v) is 8.99. The van der Waals surface area contributed by atoms with Gasteiger partial charge in [0.1, 0.15) is 21.8 Å². The number of carbonyl (C=O) groups excluding carboxylic acids is 1. The molecule has 0 unspecified atom stereocenters. The van der Waals surface area contributed by atoms with Crippen LogP contribution in [0.5, 0.6) is 11.5 Å². The second-order valence-corrected chi connectivity index (χ2v) is 6.49. The summed E-state index contributed by atoms with van der Waals surface area (Å²) in [7, 11) is 1.52. The monoisotopic (exact) mass is 438 g/mol. The van der Waals surface area contributed by atoms with Crippen molar-refractivity contribution in [2.75, 3.05) is 12.4 Å². The Morgan fingerprint density at radius 1 is 1.07 bits per heavy atom. The van der Waals surface area contributed by atoms with Crippen LogP contribution in [0.2, 0.25) is 10.3 Å². The molecule has 0 aliphatic heterocycles. The Morgan fingerprint density at radius 3 is 2.41 bits per heavy atom. The van der Waals surface area contributed by atoms with Crippen LogP contribution in [0.3, 0.4) is 0 Å². The van der Waals surface area contributed by atoms with E-state index in [-0.39, 0.29) is 21.6 Å². The third kappa shape index (κ3) is 5.13. The van der Waals surface area contributed by atoms with Gasteiger partial charge in [-0.25, -0.2) is 4.98 Å². The predicted octanol–water partition coefficient (Wildman–Crippen LogP) is 5.92. The molecule has 5 nitrogen and oxygen atoms in total. The molecule has 1 N–H and O–H groups in total. The lowest BCUT2D eigenvalue weighted by atomic mass is 10.0. The van der Waals surface area contributed by atoms with Crippen molar-refractivity contribution >= 4 is 34.8 Å². The molecule has 29 heavy (non-hydrogen) atoms. The number of anilines is 1. The van der Waals surface area contributed by atoms with E-state index in [1.807, 2.05) is 0 Å². The van der Waals surface area contributed by atoms with Crippen molar-refractivity contribution in [2.45, 2.75) is 6.61 Å². The normalized spacial score (nSPS) is 10.7. The standard InChI is InChI=1S/C20H14Cl2F2N2O3/c1-28-13-5-2-11(3-6-13)15-10-12(4-8-16(15)29-20(23)24)25-19(27)14-7-9-17(21)26-18(14)22/h2-10,20H,1H3,(H,25,27). The van der Waals surface area contributed by atoms with Crippen molar-refractivity contribution in [1.82, 2.24) is 4.98 Å². The molecule has 2 aromatic carbocycles. The fourth-order valence-corrected chi connectivity index (χ4v) is 3.01. The summed E-state index contributed by atoms with van der Waals surface area (Å²) in [5.41, 5.74) is 1.44. The van der Waals surface area contributed by atoms with Gasteiger partial charge < -0.3 is 14.8 Å². The van der Waals surface area contributed by atoms with Crippen molar-refractivity contribution in [3.63, 3.8) is 0 Å². The van der Waals surface area contributed by atoms with E-state index in [0.717, 1.165) is 0 Å². The van der Waals surface area contributed by atoms with E-state index in [9.17, 15) is 13.6 Å². The lowest BCUT2D eigenvalue weighted by Crippen LogP contribution is -2.13. The number of nitrogens with zero attached hydrogens (tertiary/aromatic N) is 1. The molecule has 0 aliphatic rings. The molecule has 0 atom stereocenters. The molecular weight excluding hydrogens is 425 g/mol. The highest BCUT2D eigenvalue weighted by atomic mass is 35.5. The zero-order chi connectivity index (χ0) is 21.0. The van der Waals surface area contributed by atoms with Gasteiger partial charge in [-0.2, -0.15) is 8.78 Å². The SMILES string of the molecule is COc1ccc(-c2cc(NC(=O)c3ccc(Cl)nc3Cl)ccc2OC(F)F)cc1. The van der Waals surface area contributed by atoms with Crippen LogP contribution in [0.1, 0.15) is 10.4 Å². The van der Waals surface area contributed by atoms with Crippen LogP contribution in [0.4, 0.5) is 14.5 Å². The number of aromatic nitrogens is 1. The summed E-state index contributed by atoms with van der Waals surface area (Å²) in [6, 6.07) is 13.9. The Labute approximate surface area is 175 Å². The number of methoxy groups -OCH3 is 1. The summed E-state index contributed by atoms with van der Waals surface area (Å²) in [6.45, 7) is -2.99. The summed E-state index contributed by atoms with van der Waals surface area (Å²) in [5, 5.41) is 2.76. The first-order chi connectivity index (χ1) is 13.9. The van der Waals surface area contributed by atoms with Crippen molar-refractivity contribution in [3.05, 3.63) is 70.5 Å². The minimum atomic E-state index is -2.99. The van der Waals surface area contributed by atoms with Crippen molar-refractivity contribution < 1.29 is 23.0 Å². The molecule has 1 amide bonds. The quantitative estimate of drug-likeness (QED) is 0.485. The Balaban J connectivity index is 1.94. The molecule has 0 radical (unpaired) electrons. The number of ether oxygens (including phenoxy) is 2. The molecule has 0 fully saturated rings. The van der Waals surface area contributed by atoms with E-state index in [0.29, 0.717) is 22.6 Å².